The molecule has 0 aromatic rings. The summed E-state index contributed by atoms with van der Waals surface area (Å²) >= 11 is 0. The second-order valence-electron chi connectivity index (χ2n) is 8.88. The van der Waals surface area contributed by atoms with Crippen molar-refractivity contribution in [2.24, 2.45) is 23.2 Å². The molecular formula is C21H26O3. The van der Waals surface area contributed by atoms with Gasteiger partial charge in [0.1, 0.15) is 5.60 Å². The average molecular weight is 326 g/mol. The molecule has 4 fully saturated rings. The van der Waals surface area contributed by atoms with Crippen molar-refractivity contribution in [3.8, 4) is 0 Å². The van der Waals surface area contributed by atoms with E-state index in [1.165, 1.54) is 30.4 Å². The Kier molecular flexibility index (Phi) is 3.00. The van der Waals surface area contributed by atoms with Gasteiger partial charge in [-0.05, 0) is 79.9 Å². The van der Waals surface area contributed by atoms with Crippen molar-refractivity contribution in [3.63, 3.8) is 0 Å². The number of hydrogen-bond acceptors (Lipinski definition) is 3. The Hall–Kier alpha value is -1.38. The van der Waals surface area contributed by atoms with Crippen molar-refractivity contribution >= 4 is 11.8 Å². The van der Waals surface area contributed by atoms with Crippen molar-refractivity contribution in [3.05, 3.63) is 23.3 Å². The van der Waals surface area contributed by atoms with Crippen molar-refractivity contribution in [2.45, 2.75) is 70.3 Å². The van der Waals surface area contributed by atoms with Gasteiger partial charge in [-0.25, -0.2) is 0 Å². The molecule has 1 spiro atoms. The van der Waals surface area contributed by atoms with Gasteiger partial charge in [0.05, 0.1) is 0 Å². The van der Waals surface area contributed by atoms with Crippen LogP contribution >= 0.6 is 0 Å². The zero-order valence-corrected chi connectivity index (χ0v) is 14.5. The first-order valence-corrected chi connectivity index (χ1v) is 9.68. The zero-order chi connectivity index (χ0) is 16.5. The van der Waals surface area contributed by atoms with Gasteiger partial charge in [0.25, 0.3) is 0 Å². The number of allylic oxidation sites excluding steroid dienone is 4. The van der Waals surface area contributed by atoms with E-state index in [2.05, 4.69) is 13.0 Å². The summed E-state index contributed by atoms with van der Waals surface area (Å²) in [5.41, 5.74) is 2.78. The summed E-state index contributed by atoms with van der Waals surface area (Å²) in [5.74, 6) is 2.29. The zero-order valence-electron chi connectivity index (χ0n) is 14.5. The fourth-order valence-electron chi connectivity index (χ4n) is 6.98. The molecule has 5 atom stereocenters. The molecule has 5 rings (SSSR count). The normalized spacial score (nSPS) is 46.8. The number of carbonyl (C=O) groups excluding carboxylic acids is 2. The number of ketones is 1. The van der Waals surface area contributed by atoms with Crippen LogP contribution in [0, 0.1) is 23.2 Å². The third kappa shape index (κ3) is 1.79. The maximum atomic E-state index is 11.9. The highest BCUT2D eigenvalue weighted by molar-refractivity contribution is 5.93. The minimum absolute atomic E-state index is 0.0152. The van der Waals surface area contributed by atoms with Crippen molar-refractivity contribution < 1.29 is 14.3 Å². The van der Waals surface area contributed by atoms with Gasteiger partial charge < -0.3 is 4.74 Å². The summed E-state index contributed by atoms with van der Waals surface area (Å²) in [5, 5.41) is 0. The molecule has 0 N–H and O–H groups in total. The van der Waals surface area contributed by atoms with E-state index in [1.54, 1.807) is 0 Å². The smallest absolute Gasteiger partial charge is 0.306 e. The lowest BCUT2D eigenvalue weighted by Crippen LogP contribution is -2.51. The quantitative estimate of drug-likeness (QED) is 0.629. The topological polar surface area (TPSA) is 43.4 Å². The molecule has 5 aliphatic rings. The van der Waals surface area contributed by atoms with Crippen LogP contribution in [0.4, 0.5) is 0 Å². The molecule has 0 amide bonds. The molecule has 0 aromatic carbocycles. The fraction of sp³-hybridized carbons (Fsp3) is 0.714. The molecule has 0 bridgehead atoms. The van der Waals surface area contributed by atoms with Crippen LogP contribution in [0.25, 0.3) is 0 Å². The van der Waals surface area contributed by atoms with Gasteiger partial charge in [-0.15, -0.1) is 0 Å². The highest BCUT2D eigenvalue weighted by atomic mass is 16.6. The highest BCUT2D eigenvalue weighted by Gasteiger charge is 2.65. The lowest BCUT2D eigenvalue weighted by atomic mass is 9.52. The summed E-state index contributed by atoms with van der Waals surface area (Å²) in [6, 6.07) is 0. The lowest BCUT2D eigenvalue weighted by Gasteiger charge is -2.54. The average Bonchev–Trinajstić information content (AvgIpc) is 3.08. The molecule has 1 heterocycles. The fourth-order valence-corrected chi connectivity index (χ4v) is 6.98. The Bertz CT molecular complexity index is 687. The number of fused-ring (bicyclic) bond motifs is 6. The second kappa shape index (κ2) is 4.83. The minimum Gasteiger partial charge on any atom is -0.458 e. The van der Waals surface area contributed by atoms with Crippen LogP contribution in [-0.2, 0) is 14.3 Å². The van der Waals surface area contributed by atoms with E-state index in [0.29, 0.717) is 30.6 Å². The molecule has 3 saturated carbocycles. The Labute approximate surface area is 143 Å². The molecule has 24 heavy (non-hydrogen) atoms. The van der Waals surface area contributed by atoms with Gasteiger partial charge in [-0.2, -0.15) is 0 Å². The number of hydrogen-bond donors (Lipinski definition) is 0. The summed E-state index contributed by atoms with van der Waals surface area (Å²) < 4.78 is 5.97. The van der Waals surface area contributed by atoms with E-state index in [-0.39, 0.29) is 22.8 Å². The number of rotatable bonds is 0. The van der Waals surface area contributed by atoms with Gasteiger partial charge in [0.2, 0.25) is 0 Å². The van der Waals surface area contributed by atoms with Gasteiger partial charge >= 0.3 is 5.97 Å². The van der Waals surface area contributed by atoms with Gasteiger partial charge in [0, 0.05) is 18.3 Å². The summed E-state index contributed by atoms with van der Waals surface area (Å²) in [7, 11) is 0. The largest absolute Gasteiger partial charge is 0.458 e. The third-order valence-electron chi connectivity index (χ3n) is 8.14. The van der Waals surface area contributed by atoms with Crippen LogP contribution in [0.15, 0.2) is 23.3 Å². The van der Waals surface area contributed by atoms with Gasteiger partial charge in [-0.1, -0.05) is 13.0 Å². The van der Waals surface area contributed by atoms with Crippen LogP contribution in [0.3, 0.4) is 0 Å². The molecule has 0 radical (unpaired) electrons. The van der Waals surface area contributed by atoms with Crippen LogP contribution in [-0.4, -0.2) is 17.4 Å². The monoisotopic (exact) mass is 326 g/mol. The van der Waals surface area contributed by atoms with E-state index in [9.17, 15) is 9.59 Å². The molecule has 3 nitrogen and oxygen atoms in total. The van der Waals surface area contributed by atoms with Crippen molar-refractivity contribution in [1.82, 2.24) is 0 Å². The molecular weight excluding hydrogens is 300 g/mol. The van der Waals surface area contributed by atoms with E-state index < -0.39 is 0 Å². The van der Waals surface area contributed by atoms with E-state index in [4.69, 9.17) is 4.74 Å². The van der Waals surface area contributed by atoms with Crippen LogP contribution in [0.2, 0.25) is 0 Å². The van der Waals surface area contributed by atoms with E-state index >= 15 is 0 Å². The summed E-state index contributed by atoms with van der Waals surface area (Å²) in [6.45, 7) is 2.41. The first-order chi connectivity index (χ1) is 11.5. The summed E-state index contributed by atoms with van der Waals surface area (Å²) in [6.07, 6.45) is 13.1. The SMILES string of the molecule is C[C@]12CCC3C4=CCC(=O)C=C4CCC3C1CC[C@@]21CCC(=O)O1. The first-order valence-electron chi connectivity index (χ1n) is 9.68. The number of esters is 1. The van der Waals surface area contributed by atoms with Crippen LogP contribution in [0.1, 0.15) is 64.7 Å². The number of carbonyl (C=O) groups is 2. The Morgan fingerprint density at radius 2 is 1.96 bits per heavy atom. The first kappa shape index (κ1) is 14.9. The van der Waals surface area contributed by atoms with Crippen molar-refractivity contribution in [1.29, 1.82) is 0 Å². The molecule has 3 unspecified atom stereocenters. The van der Waals surface area contributed by atoms with Gasteiger partial charge in [-0.3, -0.25) is 9.59 Å². The molecule has 0 aromatic heterocycles. The van der Waals surface area contributed by atoms with Crippen molar-refractivity contribution in [2.75, 3.05) is 0 Å². The molecule has 128 valence electrons. The molecule has 3 heteroatoms. The van der Waals surface area contributed by atoms with Gasteiger partial charge in [0.15, 0.2) is 5.78 Å². The Balaban J connectivity index is 1.48. The van der Waals surface area contributed by atoms with Crippen LogP contribution < -0.4 is 0 Å². The summed E-state index contributed by atoms with van der Waals surface area (Å²) in [4.78, 5) is 23.6. The predicted octanol–water partition coefficient (Wildman–Crippen LogP) is 4.12. The highest BCUT2D eigenvalue weighted by Crippen LogP contribution is 2.67. The number of ether oxygens (including phenoxy) is 1. The molecule has 4 aliphatic carbocycles. The second-order valence-corrected chi connectivity index (χ2v) is 8.88. The standard InChI is InChI=1S/C21H26O3/c1-20-9-6-16-15-5-3-14(22)12-13(15)2-4-17(16)18(20)7-10-21(20)11-8-19(23)24-21/h5,12,16-18H,2-4,6-11H2,1H3/t16?,17?,18?,20-,21+/m0/s1. The minimum atomic E-state index is -0.174. The third-order valence-corrected chi connectivity index (χ3v) is 8.14. The lowest BCUT2D eigenvalue weighted by molar-refractivity contribution is -0.164. The van der Waals surface area contributed by atoms with E-state index in [1.807, 2.05) is 6.08 Å². The van der Waals surface area contributed by atoms with E-state index in [0.717, 1.165) is 25.7 Å². The molecule has 1 saturated heterocycles. The predicted molar refractivity (Wildman–Crippen MR) is 90.1 cm³/mol. The Morgan fingerprint density at radius 1 is 1.08 bits per heavy atom. The maximum Gasteiger partial charge on any atom is 0.306 e. The Morgan fingerprint density at radius 3 is 2.75 bits per heavy atom. The van der Waals surface area contributed by atoms with Crippen LogP contribution in [0.5, 0.6) is 0 Å². The molecule has 1 aliphatic heterocycles. The maximum absolute atomic E-state index is 11.9.